The molecule has 190 valence electrons. The molecule has 0 bridgehead atoms. The van der Waals surface area contributed by atoms with E-state index in [1.807, 2.05) is 38.1 Å². The lowest BCUT2D eigenvalue weighted by Crippen LogP contribution is -2.43. The van der Waals surface area contributed by atoms with E-state index in [2.05, 4.69) is 17.6 Å². The van der Waals surface area contributed by atoms with Gasteiger partial charge in [0, 0.05) is 44.2 Å². The average molecular weight is 475 g/mol. The van der Waals surface area contributed by atoms with Crippen molar-refractivity contribution in [3.8, 4) is 0 Å². The van der Waals surface area contributed by atoms with Gasteiger partial charge in [0.15, 0.2) is 0 Å². The van der Waals surface area contributed by atoms with Gasteiger partial charge in [-0.3, -0.25) is 14.4 Å². The van der Waals surface area contributed by atoms with E-state index >= 15 is 0 Å². The van der Waals surface area contributed by atoms with Gasteiger partial charge in [0.2, 0.25) is 17.7 Å². The maximum Gasteiger partial charge on any atom is 0.229 e. The number of rotatable bonds is 12. The van der Waals surface area contributed by atoms with E-state index < -0.39 is 17.6 Å². The number of nitrogens with two attached hydrogens (primary N) is 1. The molecule has 0 saturated carbocycles. The van der Waals surface area contributed by atoms with Crippen LogP contribution < -0.4 is 21.3 Å². The minimum absolute atomic E-state index is 0.0748. The first-order valence-corrected chi connectivity index (χ1v) is 12.3. The first-order chi connectivity index (χ1) is 16.0. The molecule has 2 rings (SSSR count). The van der Waals surface area contributed by atoms with Gasteiger partial charge in [-0.25, -0.2) is 0 Å². The molecular formula is C26H42N4O4. The Morgan fingerprint density at radius 3 is 2.59 bits per heavy atom. The largest absolute Gasteiger partial charge is 0.391 e. The van der Waals surface area contributed by atoms with Gasteiger partial charge in [0.25, 0.3) is 0 Å². The van der Waals surface area contributed by atoms with Crippen LogP contribution in [0.5, 0.6) is 0 Å². The molecule has 0 radical (unpaired) electrons. The number of fused-ring (bicyclic) bond motifs is 1. The van der Waals surface area contributed by atoms with Crippen LogP contribution in [0.2, 0.25) is 0 Å². The molecule has 8 nitrogen and oxygen atoms in total. The van der Waals surface area contributed by atoms with Crippen molar-refractivity contribution >= 4 is 23.4 Å². The van der Waals surface area contributed by atoms with Crippen LogP contribution in [0.1, 0.15) is 71.3 Å². The van der Waals surface area contributed by atoms with Gasteiger partial charge in [-0.15, -0.1) is 0 Å². The summed E-state index contributed by atoms with van der Waals surface area (Å²) in [6, 6.07) is 6.93. The number of carbonyl (C=O) groups excluding carboxylic acids is 3. The molecule has 5 N–H and O–H groups in total. The number of nitrogens with zero attached hydrogens (tertiary/aromatic N) is 1. The summed E-state index contributed by atoms with van der Waals surface area (Å²) < 4.78 is 0. The van der Waals surface area contributed by atoms with Crippen LogP contribution in [-0.2, 0) is 14.4 Å². The molecule has 1 aromatic carbocycles. The molecule has 0 aliphatic carbocycles. The van der Waals surface area contributed by atoms with Crippen LogP contribution >= 0.6 is 0 Å². The van der Waals surface area contributed by atoms with E-state index in [-0.39, 0.29) is 42.4 Å². The van der Waals surface area contributed by atoms with E-state index in [4.69, 9.17) is 5.73 Å². The number of anilines is 1. The zero-order valence-electron chi connectivity index (χ0n) is 21.3. The van der Waals surface area contributed by atoms with Crippen molar-refractivity contribution in [2.45, 2.75) is 77.9 Å². The topological polar surface area (TPSA) is 125 Å². The Hall–Kier alpha value is -2.45. The molecule has 1 heterocycles. The van der Waals surface area contributed by atoms with Crippen LogP contribution in [-0.4, -0.2) is 55.1 Å². The quantitative estimate of drug-likeness (QED) is 0.346. The molecule has 0 unspecified atom stereocenters. The average Bonchev–Trinajstić information content (AvgIpc) is 3.17. The second-order valence-corrected chi connectivity index (χ2v) is 10.3. The fourth-order valence-electron chi connectivity index (χ4n) is 4.60. The summed E-state index contributed by atoms with van der Waals surface area (Å²) in [7, 11) is 1.60. The summed E-state index contributed by atoms with van der Waals surface area (Å²) >= 11 is 0. The van der Waals surface area contributed by atoms with Gasteiger partial charge in [-0.2, -0.15) is 0 Å². The van der Waals surface area contributed by atoms with Gasteiger partial charge in [-0.1, -0.05) is 52.3 Å². The maximum absolute atomic E-state index is 13.3. The third-order valence-corrected chi connectivity index (χ3v) is 6.62. The maximum atomic E-state index is 13.3. The van der Waals surface area contributed by atoms with Gasteiger partial charge < -0.3 is 26.4 Å². The van der Waals surface area contributed by atoms with E-state index in [1.165, 1.54) is 0 Å². The number of aliphatic hydroxyl groups excluding tert-OH is 1. The predicted octanol–water partition coefficient (Wildman–Crippen LogP) is 2.30. The van der Waals surface area contributed by atoms with Crippen LogP contribution in [0, 0.1) is 11.3 Å². The van der Waals surface area contributed by atoms with Crippen LogP contribution in [0.4, 0.5) is 5.69 Å². The second kappa shape index (κ2) is 12.3. The molecule has 0 aromatic heterocycles. The Morgan fingerprint density at radius 1 is 1.26 bits per heavy atom. The number of hydrogen-bond acceptors (Lipinski definition) is 5. The molecule has 34 heavy (non-hydrogen) atoms. The van der Waals surface area contributed by atoms with Crippen molar-refractivity contribution in [2.24, 2.45) is 17.1 Å². The molecule has 3 amide bonds. The van der Waals surface area contributed by atoms with Crippen molar-refractivity contribution in [1.29, 1.82) is 0 Å². The van der Waals surface area contributed by atoms with Crippen molar-refractivity contribution in [3.05, 3.63) is 29.8 Å². The Balaban J connectivity index is 1.96. The van der Waals surface area contributed by atoms with Crippen molar-refractivity contribution in [1.82, 2.24) is 10.6 Å². The molecular weight excluding hydrogens is 432 g/mol. The zero-order valence-corrected chi connectivity index (χ0v) is 21.3. The molecule has 4 atom stereocenters. The Labute approximate surface area is 203 Å². The Morgan fingerprint density at radius 2 is 1.94 bits per heavy atom. The minimum Gasteiger partial charge on any atom is -0.391 e. The van der Waals surface area contributed by atoms with Gasteiger partial charge in [0.1, 0.15) is 0 Å². The van der Waals surface area contributed by atoms with Crippen molar-refractivity contribution in [2.75, 3.05) is 25.0 Å². The number of aliphatic hydroxyl groups is 1. The van der Waals surface area contributed by atoms with E-state index in [1.54, 1.807) is 18.9 Å². The van der Waals surface area contributed by atoms with Crippen LogP contribution in [0.15, 0.2) is 24.3 Å². The number of carbonyl (C=O) groups is 3. The number of amides is 3. The van der Waals surface area contributed by atoms with Crippen molar-refractivity contribution < 1.29 is 19.5 Å². The minimum atomic E-state index is -0.841. The van der Waals surface area contributed by atoms with E-state index in [0.29, 0.717) is 19.5 Å². The molecule has 0 saturated heterocycles. The summed E-state index contributed by atoms with van der Waals surface area (Å²) in [5.41, 5.74) is 7.45. The number of unbranched alkanes of at least 4 members (excludes halogenated alkanes) is 1. The second-order valence-electron chi connectivity index (χ2n) is 10.3. The lowest BCUT2D eigenvalue weighted by atomic mass is 9.80. The molecule has 1 aliphatic heterocycles. The summed E-state index contributed by atoms with van der Waals surface area (Å²) in [5.74, 6) is -0.991. The zero-order chi connectivity index (χ0) is 25.5. The fraction of sp³-hybridized carbons (Fsp3) is 0.654. The summed E-state index contributed by atoms with van der Waals surface area (Å²) in [5, 5.41) is 16.2. The number of para-hydroxylation sites is 1. The summed E-state index contributed by atoms with van der Waals surface area (Å²) in [4.78, 5) is 39.5. The molecule has 1 aromatic rings. The standard InChI is InChI=1S/C26H42N4O4/c1-6-7-12-29-24(33)17(2)13-22(31)20(27)14-26(3,4)15-23(32)30-16-19(25(34)28-5)18-10-8-9-11-21(18)30/h8-11,17,19-20,22,31H,6-7,12-16,27H2,1-5H3,(H,28,34)(H,29,33)/t17-,19+,20+,22+/m1/s1. The molecule has 1 aliphatic rings. The first-order valence-electron chi connectivity index (χ1n) is 12.3. The summed E-state index contributed by atoms with van der Waals surface area (Å²) in [6.07, 6.45) is 2.02. The molecule has 8 heteroatoms. The number of nitrogens with one attached hydrogen (secondary N) is 2. The van der Waals surface area contributed by atoms with Crippen LogP contribution in [0.25, 0.3) is 0 Å². The van der Waals surface area contributed by atoms with Gasteiger partial charge in [-0.05, 0) is 36.3 Å². The highest BCUT2D eigenvalue weighted by atomic mass is 16.3. The normalized spacial score (nSPS) is 18.1. The predicted molar refractivity (Wildman–Crippen MR) is 134 cm³/mol. The third kappa shape index (κ3) is 7.27. The van der Waals surface area contributed by atoms with Crippen LogP contribution in [0.3, 0.4) is 0 Å². The highest BCUT2D eigenvalue weighted by Gasteiger charge is 2.38. The van der Waals surface area contributed by atoms with Crippen molar-refractivity contribution in [3.63, 3.8) is 0 Å². The lowest BCUT2D eigenvalue weighted by molar-refractivity contribution is -0.125. The lowest BCUT2D eigenvalue weighted by Gasteiger charge is -2.32. The molecule has 0 spiro atoms. The smallest absolute Gasteiger partial charge is 0.229 e. The highest BCUT2D eigenvalue weighted by Crippen LogP contribution is 2.38. The Kier molecular flexibility index (Phi) is 10.1. The highest BCUT2D eigenvalue weighted by molar-refractivity contribution is 6.00. The number of hydrogen-bond donors (Lipinski definition) is 4. The van der Waals surface area contributed by atoms with E-state index in [0.717, 1.165) is 24.1 Å². The summed E-state index contributed by atoms with van der Waals surface area (Å²) in [6.45, 7) is 8.71. The van der Waals surface area contributed by atoms with E-state index in [9.17, 15) is 19.5 Å². The number of likely N-dealkylation sites (N-methyl/N-ethyl adjacent to an activating group) is 1. The van der Waals surface area contributed by atoms with Gasteiger partial charge in [0.05, 0.1) is 12.0 Å². The van der Waals surface area contributed by atoms with Gasteiger partial charge >= 0.3 is 0 Å². The fourth-order valence-corrected chi connectivity index (χ4v) is 4.60. The SMILES string of the molecule is CCCCNC(=O)[C@H](C)C[C@H](O)[C@@H](N)CC(C)(C)CC(=O)N1C[C@H](C(=O)NC)c2ccccc21. The Bertz CT molecular complexity index is 857. The monoisotopic (exact) mass is 474 g/mol. The first kappa shape index (κ1) is 27.8. The molecule has 0 fully saturated rings. The number of benzene rings is 1. The third-order valence-electron chi connectivity index (χ3n) is 6.62.